The maximum absolute atomic E-state index is 7.17. The van der Waals surface area contributed by atoms with Gasteiger partial charge >= 0.3 is 0 Å². The van der Waals surface area contributed by atoms with Crippen molar-refractivity contribution >= 4 is 0 Å². The van der Waals surface area contributed by atoms with Crippen molar-refractivity contribution in [3.05, 3.63) is 6.42 Å². The van der Waals surface area contributed by atoms with E-state index in [-0.39, 0.29) is 0 Å². The summed E-state index contributed by atoms with van der Waals surface area (Å²) in [6.07, 6.45) is 8.75. The smallest absolute Gasteiger partial charge is 0.129 e. The van der Waals surface area contributed by atoms with Crippen LogP contribution in [0.1, 0.15) is 33.6 Å². The summed E-state index contributed by atoms with van der Waals surface area (Å²) in [4.78, 5) is 0. The zero-order chi connectivity index (χ0) is 10.2. The predicted octanol–water partition coefficient (Wildman–Crippen LogP) is 2.19. The third-order valence-corrected chi connectivity index (χ3v) is 2.18. The van der Waals surface area contributed by atoms with E-state index < -0.39 is 5.60 Å². The van der Waals surface area contributed by atoms with E-state index in [0.717, 1.165) is 12.8 Å². The predicted molar refractivity (Wildman–Crippen MR) is 52.9 cm³/mol. The Balaban J connectivity index is 3.77. The lowest BCUT2D eigenvalue weighted by molar-refractivity contribution is -0.0354. The summed E-state index contributed by atoms with van der Waals surface area (Å²) in [5, 5.41) is 0. The molecule has 0 aromatic rings. The van der Waals surface area contributed by atoms with Gasteiger partial charge in [-0.3, -0.25) is 0 Å². The molecule has 0 N–H and O–H groups in total. The fourth-order valence-corrected chi connectivity index (χ4v) is 1.11. The highest BCUT2D eigenvalue weighted by atomic mass is 16.5. The van der Waals surface area contributed by atoms with E-state index in [2.05, 4.69) is 5.92 Å². The highest BCUT2D eigenvalue weighted by molar-refractivity contribution is 5.03. The van der Waals surface area contributed by atoms with Crippen molar-refractivity contribution in [1.82, 2.24) is 0 Å². The highest BCUT2D eigenvalue weighted by Gasteiger charge is 2.23. The first-order chi connectivity index (χ1) is 6.24. The summed E-state index contributed by atoms with van der Waals surface area (Å²) < 4.78 is 10.7. The van der Waals surface area contributed by atoms with Gasteiger partial charge in [-0.2, -0.15) is 0 Å². The van der Waals surface area contributed by atoms with E-state index in [1.54, 1.807) is 0 Å². The van der Waals surface area contributed by atoms with Gasteiger partial charge in [0.2, 0.25) is 0 Å². The summed E-state index contributed by atoms with van der Waals surface area (Å²) in [5.41, 5.74) is -0.489. The van der Waals surface area contributed by atoms with E-state index in [0.29, 0.717) is 19.8 Å². The average Bonchev–Trinajstić information content (AvgIpc) is 2.20. The maximum atomic E-state index is 7.17. The molecule has 0 unspecified atom stereocenters. The fourth-order valence-electron chi connectivity index (χ4n) is 1.11. The fraction of sp³-hybridized carbons (Fsp3) is 0.818. The number of rotatable bonds is 7. The first-order valence-corrected chi connectivity index (χ1v) is 4.90. The number of hydrogen-bond donors (Lipinski definition) is 0. The number of hydrogen-bond acceptors (Lipinski definition) is 2. The molecule has 13 heavy (non-hydrogen) atoms. The van der Waals surface area contributed by atoms with Crippen LogP contribution in [0.3, 0.4) is 0 Å². The number of ether oxygens (including phenoxy) is 2. The molecule has 0 amide bonds. The third kappa shape index (κ3) is 4.31. The van der Waals surface area contributed by atoms with Gasteiger partial charge in [0.05, 0.1) is 13.2 Å². The van der Waals surface area contributed by atoms with Gasteiger partial charge in [-0.1, -0.05) is 19.8 Å². The Bertz CT molecular complexity index is 154. The van der Waals surface area contributed by atoms with E-state index in [9.17, 15) is 0 Å². The molecule has 0 aliphatic rings. The van der Waals surface area contributed by atoms with Crippen LogP contribution in [0.5, 0.6) is 0 Å². The van der Waals surface area contributed by atoms with Crippen molar-refractivity contribution in [2.45, 2.75) is 39.2 Å². The van der Waals surface area contributed by atoms with E-state index in [1.165, 1.54) is 0 Å². The summed E-state index contributed by atoms with van der Waals surface area (Å²) in [7, 11) is 0. The lowest BCUT2D eigenvalue weighted by Gasteiger charge is -2.25. The molecule has 2 heteroatoms. The third-order valence-electron chi connectivity index (χ3n) is 2.18. The largest absolute Gasteiger partial charge is 0.379 e. The van der Waals surface area contributed by atoms with Gasteiger partial charge in [0.15, 0.2) is 0 Å². The Labute approximate surface area is 81.6 Å². The van der Waals surface area contributed by atoms with Gasteiger partial charge in [0.1, 0.15) is 5.60 Å². The molecule has 0 saturated heterocycles. The topological polar surface area (TPSA) is 18.5 Å². The van der Waals surface area contributed by atoms with Crippen LogP contribution in [-0.4, -0.2) is 25.4 Å². The van der Waals surface area contributed by atoms with Crippen LogP contribution in [-0.2, 0) is 9.47 Å². The lowest BCUT2D eigenvalue weighted by Crippen LogP contribution is -2.30. The molecule has 0 atom stereocenters. The van der Waals surface area contributed by atoms with Crippen molar-refractivity contribution in [3.63, 3.8) is 0 Å². The van der Waals surface area contributed by atoms with Gasteiger partial charge in [0, 0.05) is 6.61 Å². The SMILES string of the molecule is [C]#CC(CC)(CC)OCCOCC. The quantitative estimate of drug-likeness (QED) is 0.445. The molecule has 0 rings (SSSR count). The zero-order valence-corrected chi connectivity index (χ0v) is 8.85. The van der Waals surface area contributed by atoms with Gasteiger partial charge in [-0.15, -0.1) is 0 Å². The van der Waals surface area contributed by atoms with Crippen LogP contribution in [0.2, 0.25) is 0 Å². The minimum absolute atomic E-state index is 0.489. The highest BCUT2D eigenvalue weighted by Crippen LogP contribution is 2.18. The molecule has 1 radical (unpaired) electrons. The van der Waals surface area contributed by atoms with Crippen molar-refractivity contribution in [2.75, 3.05) is 19.8 Å². The van der Waals surface area contributed by atoms with Crippen LogP contribution in [0, 0.1) is 12.3 Å². The second-order valence-electron chi connectivity index (χ2n) is 2.87. The molecule has 0 saturated carbocycles. The first-order valence-electron chi connectivity index (χ1n) is 4.90. The molecule has 0 aliphatic carbocycles. The average molecular weight is 183 g/mol. The molecule has 75 valence electrons. The molecule has 0 bridgehead atoms. The summed E-state index contributed by atoms with van der Waals surface area (Å²) in [6.45, 7) is 7.82. The van der Waals surface area contributed by atoms with Crippen LogP contribution >= 0.6 is 0 Å². The minimum atomic E-state index is -0.489. The van der Waals surface area contributed by atoms with Crippen molar-refractivity contribution in [3.8, 4) is 5.92 Å². The Hall–Kier alpha value is -0.520. The Morgan fingerprint density at radius 2 is 1.77 bits per heavy atom. The maximum Gasteiger partial charge on any atom is 0.129 e. The van der Waals surface area contributed by atoms with E-state index in [4.69, 9.17) is 15.9 Å². The monoisotopic (exact) mass is 183 g/mol. The van der Waals surface area contributed by atoms with Crippen molar-refractivity contribution in [1.29, 1.82) is 0 Å². The van der Waals surface area contributed by atoms with Gasteiger partial charge < -0.3 is 9.47 Å². The molecule has 2 nitrogen and oxygen atoms in total. The summed E-state index contributed by atoms with van der Waals surface area (Å²) >= 11 is 0. The van der Waals surface area contributed by atoms with Crippen molar-refractivity contribution < 1.29 is 9.47 Å². The normalized spacial score (nSPS) is 11.2. The van der Waals surface area contributed by atoms with Crippen molar-refractivity contribution in [2.24, 2.45) is 0 Å². The zero-order valence-electron chi connectivity index (χ0n) is 8.85. The van der Waals surface area contributed by atoms with Gasteiger partial charge in [0.25, 0.3) is 0 Å². The molecule has 0 fully saturated rings. The van der Waals surface area contributed by atoms with Crippen LogP contribution < -0.4 is 0 Å². The molecule has 0 heterocycles. The minimum Gasteiger partial charge on any atom is -0.379 e. The molecular weight excluding hydrogens is 164 g/mol. The molecule has 0 aromatic carbocycles. The van der Waals surface area contributed by atoms with Gasteiger partial charge in [-0.25, -0.2) is 0 Å². The molecule has 0 aliphatic heterocycles. The van der Waals surface area contributed by atoms with E-state index >= 15 is 0 Å². The Morgan fingerprint density at radius 3 is 2.15 bits per heavy atom. The Kier molecular flexibility index (Phi) is 6.66. The van der Waals surface area contributed by atoms with E-state index in [1.807, 2.05) is 20.8 Å². The first kappa shape index (κ1) is 12.5. The van der Waals surface area contributed by atoms with Crippen LogP contribution in [0.15, 0.2) is 0 Å². The standard InChI is InChI=1S/C11H19O2/c1-5-11(6-2,7-3)13-10-9-12-8-4/h5-6,8-10H2,1-2,4H3. The molecule has 0 spiro atoms. The lowest BCUT2D eigenvalue weighted by atomic mass is 9.98. The van der Waals surface area contributed by atoms with Gasteiger partial charge in [-0.05, 0) is 26.2 Å². The Morgan fingerprint density at radius 1 is 1.15 bits per heavy atom. The van der Waals surface area contributed by atoms with Crippen LogP contribution in [0.4, 0.5) is 0 Å². The second-order valence-corrected chi connectivity index (χ2v) is 2.87. The second kappa shape index (κ2) is 6.94. The van der Waals surface area contributed by atoms with Crippen LogP contribution in [0.25, 0.3) is 0 Å². The molecule has 0 aromatic heterocycles. The summed E-state index contributed by atoms with van der Waals surface area (Å²) in [5.74, 6) is 2.46. The summed E-state index contributed by atoms with van der Waals surface area (Å²) in [6, 6.07) is 0. The molecular formula is C11H19O2.